The molecule has 3 aliphatic heterocycles. The van der Waals surface area contributed by atoms with Crippen molar-refractivity contribution < 1.29 is 9.53 Å². The molecule has 3 aromatic rings. The molecule has 244 valence electrons. The van der Waals surface area contributed by atoms with Gasteiger partial charge in [-0.3, -0.25) is 14.7 Å². The summed E-state index contributed by atoms with van der Waals surface area (Å²) < 4.78 is 5.61. The largest absolute Gasteiger partial charge is 0.381 e. The highest BCUT2D eigenvalue weighted by Crippen LogP contribution is 2.50. The number of primary amides is 1. The molecule has 1 aromatic carbocycles. The number of nitrogens with two attached hydrogens (primary N) is 1. The lowest BCUT2D eigenvalue weighted by Crippen LogP contribution is -2.52. The quantitative estimate of drug-likeness (QED) is 0.334. The molecule has 11 nitrogen and oxygen atoms in total. The van der Waals surface area contributed by atoms with Crippen LogP contribution in [0.1, 0.15) is 54.6 Å². The van der Waals surface area contributed by atoms with Crippen LogP contribution >= 0.6 is 0 Å². The molecule has 1 saturated carbocycles. The highest BCUT2D eigenvalue weighted by Gasteiger charge is 2.45. The third-order valence-electron chi connectivity index (χ3n) is 10.6. The van der Waals surface area contributed by atoms with Crippen LogP contribution in [0, 0.1) is 12.3 Å². The molecule has 1 spiro atoms. The van der Waals surface area contributed by atoms with Crippen LogP contribution in [0.15, 0.2) is 42.6 Å². The fourth-order valence-corrected chi connectivity index (χ4v) is 7.85. The maximum atomic E-state index is 12.7. The van der Waals surface area contributed by atoms with Crippen LogP contribution < -0.4 is 21.3 Å². The van der Waals surface area contributed by atoms with E-state index in [4.69, 9.17) is 20.4 Å². The first kappa shape index (κ1) is 30.8. The third kappa shape index (κ3) is 6.54. The van der Waals surface area contributed by atoms with Gasteiger partial charge in [0.05, 0.1) is 5.69 Å². The normalized spacial score (nSPS) is 21.2. The summed E-state index contributed by atoms with van der Waals surface area (Å²) >= 11 is 0. The Bertz CT molecular complexity index is 1520. The number of benzene rings is 1. The number of hydrogen-bond acceptors (Lipinski definition) is 10. The number of nitrogens with zero attached hydrogens (tertiary/aromatic N) is 6. The Balaban J connectivity index is 1.09. The number of aryl methyl sites for hydroxylation is 1. The van der Waals surface area contributed by atoms with Gasteiger partial charge in [0.1, 0.15) is 5.69 Å². The second-order valence-corrected chi connectivity index (χ2v) is 13.7. The second-order valence-electron chi connectivity index (χ2n) is 13.7. The lowest BCUT2D eigenvalue weighted by molar-refractivity contribution is -0.0342. The summed E-state index contributed by atoms with van der Waals surface area (Å²) in [5.41, 5.74) is 10.8. The van der Waals surface area contributed by atoms with Crippen molar-refractivity contribution in [2.24, 2.45) is 11.1 Å². The van der Waals surface area contributed by atoms with Crippen LogP contribution in [0.5, 0.6) is 0 Å². The number of carbonyl (C=O) groups excluding carboxylic acids is 1. The first-order valence-corrected chi connectivity index (χ1v) is 16.9. The minimum Gasteiger partial charge on any atom is -0.381 e. The van der Waals surface area contributed by atoms with Crippen molar-refractivity contribution in [2.75, 3.05) is 75.1 Å². The average molecular weight is 626 g/mol. The Morgan fingerprint density at radius 2 is 1.74 bits per heavy atom. The summed E-state index contributed by atoms with van der Waals surface area (Å²) in [5.74, 6) is 0.310. The molecule has 0 bridgehead atoms. The van der Waals surface area contributed by atoms with Gasteiger partial charge in [-0.2, -0.15) is 0 Å². The van der Waals surface area contributed by atoms with Gasteiger partial charge in [-0.1, -0.05) is 6.07 Å². The highest BCUT2D eigenvalue weighted by molar-refractivity contribution is 5.97. The zero-order chi connectivity index (χ0) is 31.7. The first-order chi connectivity index (χ1) is 22.4. The van der Waals surface area contributed by atoms with E-state index in [1.807, 2.05) is 18.2 Å². The number of piperazine rings is 1. The topological polar surface area (TPSA) is 125 Å². The molecule has 11 heteroatoms. The Hall–Kier alpha value is -3.80. The molecule has 4 fully saturated rings. The molecular formula is C35H47N9O2. The third-order valence-corrected chi connectivity index (χ3v) is 10.6. The fourth-order valence-electron chi connectivity index (χ4n) is 7.85. The average Bonchev–Trinajstić information content (AvgIpc) is 3.05. The van der Waals surface area contributed by atoms with E-state index in [9.17, 15) is 4.79 Å². The standard InChI is InChI=1S/C35H47N9O2/c1-24-21-25(6-7-29(24)44-13-8-27(9-14-44)43-17-15-42(2)16-18-43)38-34-31(32(36)45)40-30(28-5-3-4-12-37-28)33(41-34)39-26-22-35(23-26)10-19-46-20-11-35/h3-7,12,21,26-27H,8-11,13-20,22-23H2,1-2H3,(H2,36,45)(H2,38,39,41). The van der Waals surface area contributed by atoms with E-state index in [0.717, 1.165) is 70.8 Å². The Morgan fingerprint density at radius 3 is 2.41 bits per heavy atom. The Kier molecular flexibility index (Phi) is 8.80. The number of amides is 1. The lowest BCUT2D eigenvalue weighted by Gasteiger charge is -2.50. The van der Waals surface area contributed by atoms with Crippen molar-refractivity contribution in [3.05, 3.63) is 53.9 Å². The molecule has 1 amide bonds. The van der Waals surface area contributed by atoms with Gasteiger partial charge in [-0.05, 0) is 93.8 Å². The molecular weight excluding hydrogens is 578 g/mol. The SMILES string of the molecule is Cc1cc(Nc2nc(NC3CC4(CCOCC4)C3)c(-c3ccccn3)nc2C(N)=O)ccc1N1CCC(N2CCN(C)CC2)CC1. The molecule has 0 radical (unpaired) electrons. The van der Waals surface area contributed by atoms with Crippen LogP contribution in [-0.2, 0) is 4.74 Å². The summed E-state index contributed by atoms with van der Waals surface area (Å²) in [6, 6.07) is 12.9. The number of likely N-dealkylation sites (N-methyl/N-ethyl adjacent to an activating group) is 1. The van der Waals surface area contributed by atoms with Gasteiger partial charge in [-0.25, -0.2) is 9.97 Å². The molecule has 46 heavy (non-hydrogen) atoms. The maximum Gasteiger partial charge on any atom is 0.271 e. The zero-order valence-electron chi connectivity index (χ0n) is 27.2. The number of hydrogen-bond donors (Lipinski definition) is 3. The van der Waals surface area contributed by atoms with Crippen molar-refractivity contribution >= 4 is 28.9 Å². The number of ether oxygens (including phenoxy) is 1. The van der Waals surface area contributed by atoms with Crippen LogP contribution in [-0.4, -0.2) is 102 Å². The number of carbonyl (C=O) groups is 1. The van der Waals surface area contributed by atoms with Crippen LogP contribution in [0.2, 0.25) is 0 Å². The van der Waals surface area contributed by atoms with Crippen LogP contribution in [0.3, 0.4) is 0 Å². The summed E-state index contributed by atoms with van der Waals surface area (Å²) in [4.78, 5) is 34.5. The maximum absolute atomic E-state index is 12.7. The van der Waals surface area contributed by atoms with Crippen molar-refractivity contribution in [1.82, 2.24) is 24.8 Å². The number of aromatic nitrogens is 3. The van der Waals surface area contributed by atoms with E-state index in [1.54, 1.807) is 6.20 Å². The zero-order valence-corrected chi connectivity index (χ0v) is 27.2. The van der Waals surface area contributed by atoms with Crippen molar-refractivity contribution in [3.63, 3.8) is 0 Å². The van der Waals surface area contributed by atoms with E-state index in [0.29, 0.717) is 34.5 Å². The molecule has 4 N–H and O–H groups in total. The summed E-state index contributed by atoms with van der Waals surface area (Å²) in [7, 11) is 2.22. The van der Waals surface area contributed by atoms with Crippen LogP contribution in [0.4, 0.5) is 23.0 Å². The van der Waals surface area contributed by atoms with Gasteiger partial charge in [0.2, 0.25) is 0 Å². The molecule has 2 aromatic heterocycles. The minimum absolute atomic E-state index is 0.0911. The van der Waals surface area contributed by atoms with E-state index >= 15 is 0 Å². The van der Waals surface area contributed by atoms with Gasteiger partial charge in [0.15, 0.2) is 17.3 Å². The predicted octanol–water partition coefficient (Wildman–Crippen LogP) is 4.28. The summed E-state index contributed by atoms with van der Waals surface area (Å²) in [6.07, 6.45) is 8.42. The van der Waals surface area contributed by atoms with Gasteiger partial charge < -0.3 is 30.9 Å². The number of anilines is 4. The fraction of sp³-hybridized carbons (Fsp3) is 0.543. The number of rotatable bonds is 8. The van der Waals surface area contributed by atoms with Gasteiger partial charge in [0.25, 0.3) is 5.91 Å². The Labute approximate surface area is 271 Å². The molecule has 7 rings (SSSR count). The minimum atomic E-state index is -0.639. The van der Waals surface area contributed by atoms with E-state index in [1.165, 1.54) is 37.2 Å². The molecule has 0 unspecified atom stereocenters. The van der Waals surface area contributed by atoms with Crippen molar-refractivity contribution in [1.29, 1.82) is 0 Å². The number of pyridine rings is 1. The van der Waals surface area contributed by atoms with Gasteiger partial charge in [-0.15, -0.1) is 0 Å². The Morgan fingerprint density at radius 1 is 0.978 bits per heavy atom. The van der Waals surface area contributed by atoms with Gasteiger partial charge in [0, 0.05) is 82.1 Å². The van der Waals surface area contributed by atoms with E-state index < -0.39 is 5.91 Å². The molecule has 4 aliphatic rings. The first-order valence-electron chi connectivity index (χ1n) is 16.9. The molecule has 3 saturated heterocycles. The van der Waals surface area contributed by atoms with Crippen molar-refractivity contribution in [3.8, 4) is 11.4 Å². The smallest absolute Gasteiger partial charge is 0.271 e. The van der Waals surface area contributed by atoms with E-state index in [-0.39, 0.29) is 11.7 Å². The number of nitrogens with one attached hydrogen (secondary N) is 2. The monoisotopic (exact) mass is 625 g/mol. The second kappa shape index (κ2) is 13.1. The van der Waals surface area contributed by atoms with Gasteiger partial charge >= 0.3 is 0 Å². The van der Waals surface area contributed by atoms with E-state index in [2.05, 4.69) is 62.5 Å². The highest BCUT2D eigenvalue weighted by atomic mass is 16.5. The molecule has 5 heterocycles. The predicted molar refractivity (Wildman–Crippen MR) is 182 cm³/mol. The van der Waals surface area contributed by atoms with Crippen LogP contribution in [0.25, 0.3) is 11.4 Å². The molecule has 1 aliphatic carbocycles. The molecule has 0 atom stereocenters. The van der Waals surface area contributed by atoms with Crippen molar-refractivity contribution in [2.45, 2.75) is 57.5 Å². The lowest BCUT2D eigenvalue weighted by atomic mass is 9.61. The summed E-state index contributed by atoms with van der Waals surface area (Å²) in [5, 5.41) is 7.03. The summed E-state index contributed by atoms with van der Waals surface area (Å²) in [6.45, 7) is 10.6. The number of piperidine rings is 1.